The molecule has 2 rings (SSSR count). The van der Waals surface area contributed by atoms with Crippen LogP contribution in [-0.2, 0) is 11.0 Å². The summed E-state index contributed by atoms with van der Waals surface area (Å²) >= 11 is 0. The van der Waals surface area contributed by atoms with E-state index in [-0.39, 0.29) is 12.1 Å². The molecule has 0 aliphatic carbocycles. The van der Waals surface area contributed by atoms with Crippen LogP contribution in [-0.4, -0.2) is 35.6 Å². The molecule has 0 radical (unpaired) electrons. The number of likely N-dealkylation sites (tertiary alicyclic amines) is 1. The standard InChI is InChI=1S/C14H16F3NO2/c15-14(16,17)11-5-3-4-10(8-11)12(13(19)20)9-18-6-1-2-7-18/h3-5,8,12H,1-2,6-7,9H2,(H,19,20). The summed E-state index contributed by atoms with van der Waals surface area (Å²) in [5.74, 6) is -2.01. The van der Waals surface area contributed by atoms with Gasteiger partial charge in [-0.15, -0.1) is 0 Å². The fourth-order valence-electron chi connectivity index (χ4n) is 2.48. The maximum Gasteiger partial charge on any atom is 0.416 e. The fraction of sp³-hybridized carbons (Fsp3) is 0.500. The third-order valence-electron chi connectivity index (χ3n) is 3.55. The van der Waals surface area contributed by atoms with Crippen molar-refractivity contribution < 1.29 is 23.1 Å². The molecule has 1 saturated heterocycles. The molecule has 1 fully saturated rings. The summed E-state index contributed by atoms with van der Waals surface area (Å²) in [6.07, 6.45) is -2.43. The average Bonchev–Trinajstić information content (AvgIpc) is 2.87. The largest absolute Gasteiger partial charge is 0.481 e. The van der Waals surface area contributed by atoms with Crippen LogP contribution in [0.2, 0.25) is 0 Å². The number of carbonyl (C=O) groups is 1. The first-order valence-corrected chi connectivity index (χ1v) is 6.50. The number of aliphatic carboxylic acids is 1. The van der Waals surface area contributed by atoms with Crippen LogP contribution in [0.15, 0.2) is 24.3 Å². The van der Waals surface area contributed by atoms with Gasteiger partial charge in [-0.05, 0) is 37.6 Å². The fourth-order valence-corrected chi connectivity index (χ4v) is 2.48. The number of carboxylic acids is 1. The Morgan fingerprint density at radius 3 is 2.50 bits per heavy atom. The summed E-state index contributed by atoms with van der Waals surface area (Å²) < 4.78 is 38.0. The van der Waals surface area contributed by atoms with E-state index in [4.69, 9.17) is 0 Å². The summed E-state index contributed by atoms with van der Waals surface area (Å²) in [4.78, 5) is 13.3. The van der Waals surface area contributed by atoms with Crippen molar-refractivity contribution in [1.82, 2.24) is 4.90 Å². The van der Waals surface area contributed by atoms with Gasteiger partial charge in [0.05, 0.1) is 11.5 Å². The molecule has 110 valence electrons. The lowest BCUT2D eigenvalue weighted by atomic mass is 9.96. The SMILES string of the molecule is O=C(O)C(CN1CCCC1)c1cccc(C(F)(F)F)c1. The first kappa shape index (κ1) is 14.8. The van der Waals surface area contributed by atoms with E-state index in [1.807, 2.05) is 4.90 Å². The number of benzene rings is 1. The van der Waals surface area contributed by atoms with E-state index in [0.29, 0.717) is 0 Å². The highest BCUT2D eigenvalue weighted by Crippen LogP contribution is 2.31. The van der Waals surface area contributed by atoms with Crippen LogP contribution in [0.3, 0.4) is 0 Å². The van der Waals surface area contributed by atoms with E-state index in [1.165, 1.54) is 12.1 Å². The number of carboxylic acid groups (broad SMARTS) is 1. The lowest BCUT2D eigenvalue weighted by Gasteiger charge is -2.21. The Bertz CT molecular complexity index is 482. The Morgan fingerprint density at radius 1 is 1.30 bits per heavy atom. The first-order valence-electron chi connectivity index (χ1n) is 6.50. The lowest BCUT2D eigenvalue weighted by Crippen LogP contribution is -2.29. The summed E-state index contributed by atoms with van der Waals surface area (Å²) in [5.41, 5.74) is -0.595. The van der Waals surface area contributed by atoms with Gasteiger partial charge in [-0.2, -0.15) is 13.2 Å². The van der Waals surface area contributed by atoms with E-state index in [9.17, 15) is 23.1 Å². The van der Waals surface area contributed by atoms with Crippen LogP contribution in [0, 0.1) is 0 Å². The van der Waals surface area contributed by atoms with Crippen molar-refractivity contribution in [2.75, 3.05) is 19.6 Å². The van der Waals surface area contributed by atoms with Gasteiger partial charge in [-0.3, -0.25) is 4.79 Å². The quantitative estimate of drug-likeness (QED) is 0.925. The van der Waals surface area contributed by atoms with Gasteiger partial charge in [0.25, 0.3) is 0 Å². The van der Waals surface area contributed by atoms with Gasteiger partial charge in [0.2, 0.25) is 0 Å². The predicted molar refractivity (Wildman–Crippen MR) is 67.5 cm³/mol. The van der Waals surface area contributed by atoms with Crippen LogP contribution in [0.4, 0.5) is 13.2 Å². The van der Waals surface area contributed by atoms with Crippen LogP contribution in [0.25, 0.3) is 0 Å². The molecule has 1 aromatic carbocycles. The minimum Gasteiger partial charge on any atom is -0.481 e. The zero-order chi connectivity index (χ0) is 14.8. The second kappa shape index (κ2) is 5.83. The molecule has 0 saturated carbocycles. The van der Waals surface area contributed by atoms with Crippen LogP contribution < -0.4 is 0 Å². The smallest absolute Gasteiger partial charge is 0.416 e. The monoisotopic (exact) mass is 287 g/mol. The van der Waals surface area contributed by atoms with Gasteiger partial charge >= 0.3 is 12.1 Å². The molecule has 20 heavy (non-hydrogen) atoms. The number of hydrogen-bond acceptors (Lipinski definition) is 2. The summed E-state index contributed by atoms with van der Waals surface area (Å²) in [6.45, 7) is 1.88. The van der Waals surface area contributed by atoms with E-state index < -0.39 is 23.6 Å². The molecule has 1 aliphatic heterocycles. The molecule has 0 bridgehead atoms. The summed E-state index contributed by atoms with van der Waals surface area (Å²) in [7, 11) is 0. The molecule has 6 heteroatoms. The average molecular weight is 287 g/mol. The summed E-state index contributed by atoms with van der Waals surface area (Å²) in [6, 6.07) is 4.61. The zero-order valence-electron chi connectivity index (χ0n) is 10.9. The Balaban J connectivity index is 2.22. The number of alkyl halides is 3. The van der Waals surface area contributed by atoms with E-state index in [1.54, 1.807) is 0 Å². The number of hydrogen-bond donors (Lipinski definition) is 1. The molecule has 1 unspecified atom stereocenters. The second-order valence-electron chi connectivity index (χ2n) is 5.02. The molecule has 1 aromatic rings. The maximum atomic E-state index is 12.7. The molecule has 1 heterocycles. The van der Waals surface area contributed by atoms with Crippen molar-refractivity contribution in [1.29, 1.82) is 0 Å². The van der Waals surface area contributed by atoms with Crippen molar-refractivity contribution in [3.05, 3.63) is 35.4 Å². The van der Waals surface area contributed by atoms with Crippen molar-refractivity contribution in [2.24, 2.45) is 0 Å². The predicted octanol–water partition coefficient (Wildman–Crippen LogP) is 2.97. The molecular formula is C14H16F3NO2. The normalized spacial score (nSPS) is 18.1. The third-order valence-corrected chi connectivity index (χ3v) is 3.55. The van der Waals surface area contributed by atoms with Crippen molar-refractivity contribution in [3.63, 3.8) is 0 Å². The molecule has 1 aliphatic rings. The lowest BCUT2D eigenvalue weighted by molar-refractivity contribution is -0.140. The second-order valence-corrected chi connectivity index (χ2v) is 5.02. The topological polar surface area (TPSA) is 40.5 Å². The highest BCUT2D eigenvalue weighted by Gasteiger charge is 2.32. The van der Waals surface area contributed by atoms with Gasteiger partial charge in [-0.25, -0.2) is 0 Å². The van der Waals surface area contributed by atoms with Gasteiger partial charge in [0.1, 0.15) is 0 Å². The molecule has 1 atom stereocenters. The highest BCUT2D eigenvalue weighted by atomic mass is 19.4. The molecule has 0 spiro atoms. The molecule has 3 nitrogen and oxygen atoms in total. The van der Waals surface area contributed by atoms with E-state index in [0.717, 1.165) is 38.1 Å². The van der Waals surface area contributed by atoms with E-state index >= 15 is 0 Å². The van der Waals surface area contributed by atoms with Crippen LogP contribution in [0.1, 0.15) is 29.9 Å². The van der Waals surface area contributed by atoms with E-state index in [2.05, 4.69) is 0 Å². The Morgan fingerprint density at radius 2 is 1.95 bits per heavy atom. The Labute approximate surface area is 115 Å². The Hall–Kier alpha value is -1.56. The zero-order valence-corrected chi connectivity index (χ0v) is 10.9. The van der Waals surface area contributed by atoms with Gasteiger partial charge in [0.15, 0.2) is 0 Å². The minimum absolute atomic E-state index is 0.208. The summed E-state index contributed by atoms with van der Waals surface area (Å²) in [5, 5.41) is 9.27. The van der Waals surface area contributed by atoms with Gasteiger partial charge < -0.3 is 10.0 Å². The van der Waals surface area contributed by atoms with Crippen molar-refractivity contribution in [2.45, 2.75) is 24.9 Å². The highest BCUT2D eigenvalue weighted by molar-refractivity contribution is 5.76. The van der Waals surface area contributed by atoms with Crippen molar-refractivity contribution >= 4 is 5.97 Å². The molecule has 1 N–H and O–H groups in total. The molecular weight excluding hydrogens is 271 g/mol. The molecule has 0 amide bonds. The van der Waals surface area contributed by atoms with Gasteiger partial charge in [-0.1, -0.05) is 18.2 Å². The van der Waals surface area contributed by atoms with Gasteiger partial charge in [0, 0.05) is 6.54 Å². The number of halogens is 3. The minimum atomic E-state index is -4.45. The van der Waals surface area contributed by atoms with Crippen LogP contribution in [0.5, 0.6) is 0 Å². The molecule has 0 aromatic heterocycles. The first-order chi connectivity index (χ1) is 9.38. The third kappa shape index (κ3) is 3.50. The maximum absolute atomic E-state index is 12.7. The van der Waals surface area contributed by atoms with Crippen molar-refractivity contribution in [3.8, 4) is 0 Å². The Kier molecular flexibility index (Phi) is 4.32. The number of rotatable bonds is 4. The van der Waals surface area contributed by atoms with Crippen LogP contribution >= 0.6 is 0 Å². The number of nitrogens with zero attached hydrogens (tertiary/aromatic N) is 1.